The number of carboxylic acid groups (broad SMARTS) is 1. The largest absolute Gasteiger partial charge is 0.478 e. The Labute approximate surface area is 90.6 Å². The topological polar surface area (TPSA) is 81.0 Å². The predicted octanol–water partition coefficient (Wildman–Crippen LogP) is -0.0600. The first kappa shape index (κ1) is 16.5. The highest BCUT2D eigenvalue weighted by Crippen LogP contribution is 1.83. The van der Waals surface area contributed by atoms with Crippen molar-refractivity contribution in [3.05, 3.63) is 12.2 Å². The third-order valence-electron chi connectivity index (χ3n) is 1.64. The molecule has 0 bridgehead atoms. The van der Waals surface area contributed by atoms with Crippen LogP contribution in [0.15, 0.2) is 12.2 Å². The molecule has 90 valence electrons. The lowest BCUT2D eigenvalue weighted by Crippen LogP contribution is -2.29. The van der Waals surface area contributed by atoms with Crippen LogP contribution in [-0.2, 0) is 4.79 Å². The van der Waals surface area contributed by atoms with Crippen molar-refractivity contribution in [3.63, 3.8) is 0 Å². The smallest absolute Gasteiger partial charge is 0.330 e. The van der Waals surface area contributed by atoms with Gasteiger partial charge < -0.3 is 15.3 Å². The molecule has 0 rings (SSSR count). The van der Waals surface area contributed by atoms with E-state index in [1.54, 1.807) is 0 Å². The summed E-state index contributed by atoms with van der Waals surface area (Å²) >= 11 is 0. The molecule has 5 heteroatoms. The van der Waals surface area contributed by atoms with E-state index in [0.29, 0.717) is 13.1 Å². The minimum Gasteiger partial charge on any atom is -0.478 e. The van der Waals surface area contributed by atoms with Gasteiger partial charge in [0.15, 0.2) is 0 Å². The second kappa shape index (κ2) is 11.2. The molecule has 0 spiro atoms. The molecular formula is C10H21NO4. The van der Waals surface area contributed by atoms with E-state index in [2.05, 4.69) is 6.58 Å². The summed E-state index contributed by atoms with van der Waals surface area (Å²) in [4.78, 5) is 11.6. The van der Waals surface area contributed by atoms with Crippen molar-refractivity contribution in [2.45, 2.75) is 13.8 Å². The zero-order valence-electron chi connectivity index (χ0n) is 9.44. The van der Waals surface area contributed by atoms with Crippen molar-refractivity contribution in [2.75, 3.05) is 32.8 Å². The molecule has 0 saturated carbocycles. The van der Waals surface area contributed by atoms with E-state index in [1.165, 1.54) is 6.92 Å². The molecule has 0 aromatic carbocycles. The quantitative estimate of drug-likeness (QED) is 0.545. The molecule has 3 N–H and O–H groups in total. The summed E-state index contributed by atoms with van der Waals surface area (Å²) in [7, 11) is 0. The molecule has 0 unspecified atom stereocenters. The van der Waals surface area contributed by atoms with Gasteiger partial charge in [0.2, 0.25) is 0 Å². The first-order valence-electron chi connectivity index (χ1n) is 4.82. The van der Waals surface area contributed by atoms with Crippen molar-refractivity contribution in [1.82, 2.24) is 4.90 Å². The monoisotopic (exact) mass is 219 g/mol. The van der Waals surface area contributed by atoms with Gasteiger partial charge in [-0.3, -0.25) is 4.90 Å². The Morgan fingerprint density at radius 3 is 1.73 bits per heavy atom. The third-order valence-corrected chi connectivity index (χ3v) is 1.64. The number of carbonyl (C=O) groups is 1. The molecule has 0 aliphatic heterocycles. The number of carboxylic acids is 1. The maximum atomic E-state index is 9.60. The van der Waals surface area contributed by atoms with Crippen LogP contribution >= 0.6 is 0 Å². The normalized spacial score (nSPS) is 9.40. The summed E-state index contributed by atoms with van der Waals surface area (Å²) in [6.45, 7) is 9.17. The van der Waals surface area contributed by atoms with E-state index >= 15 is 0 Å². The number of hydrogen-bond donors (Lipinski definition) is 3. The fraction of sp³-hybridized carbons (Fsp3) is 0.700. The number of likely N-dealkylation sites (N-methyl/N-ethyl adjacent to an activating group) is 1. The van der Waals surface area contributed by atoms with Crippen molar-refractivity contribution in [2.24, 2.45) is 0 Å². The SMILES string of the molecule is C=C(C)C(=O)O.CCN(CCO)CCO. The molecule has 0 aliphatic carbocycles. The van der Waals surface area contributed by atoms with Gasteiger partial charge in [-0.25, -0.2) is 4.79 Å². The number of rotatable bonds is 6. The first-order chi connectivity index (χ1) is 6.99. The maximum Gasteiger partial charge on any atom is 0.330 e. The van der Waals surface area contributed by atoms with Gasteiger partial charge in [-0.15, -0.1) is 0 Å². The second-order valence-corrected chi connectivity index (χ2v) is 2.97. The van der Waals surface area contributed by atoms with E-state index in [1.807, 2.05) is 11.8 Å². The maximum absolute atomic E-state index is 9.60. The highest BCUT2D eigenvalue weighted by Gasteiger charge is 1.97. The van der Waals surface area contributed by atoms with E-state index in [0.717, 1.165) is 6.54 Å². The Balaban J connectivity index is 0. The van der Waals surface area contributed by atoms with Crippen LogP contribution in [-0.4, -0.2) is 59.0 Å². The molecule has 0 saturated heterocycles. The van der Waals surface area contributed by atoms with E-state index in [9.17, 15) is 4.79 Å². The van der Waals surface area contributed by atoms with Crippen LogP contribution in [0.4, 0.5) is 0 Å². The lowest BCUT2D eigenvalue weighted by atomic mass is 10.4. The van der Waals surface area contributed by atoms with Crippen molar-refractivity contribution in [1.29, 1.82) is 0 Å². The summed E-state index contributed by atoms with van der Waals surface area (Å²) in [6.07, 6.45) is 0. The van der Waals surface area contributed by atoms with Crippen LogP contribution in [0.2, 0.25) is 0 Å². The second-order valence-electron chi connectivity index (χ2n) is 2.97. The molecule has 0 aliphatic rings. The number of hydrogen-bond acceptors (Lipinski definition) is 4. The Hall–Kier alpha value is -0.910. The van der Waals surface area contributed by atoms with Crippen LogP contribution in [0.1, 0.15) is 13.8 Å². The lowest BCUT2D eigenvalue weighted by Gasteiger charge is -2.16. The highest BCUT2D eigenvalue weighted by molar-refractivity contribution is 5.84. The summed E-state index contributed by atoms with van der Waals surface area (Å²) in [6, 6.07) is 0. The average Bonchev–Trinajstić information content (AvgIpc) is 2.18. The van der Waals surface area contributed by atoms with Crippen LogP contribution < -0.4 is 0 Å². The Bertz CT molecular complexity index is 164. The number of aliphatic hydroxyl groups excluding tert-OH is 2. The van der Waals surface area contributed by atoms with Gasteiger partial charge in [-0.1, -0.05) is 13.5 Å². The number of aliphatic hydroxyl groups is 2. The number of aliphatic carboxylic acids is 1. The molecule has 0 aromatic heterocycles. The van der Waals surface area contributed by atoms with Gasteiger partial charge in [0.25, 0.3) is 0 Å². The summed E-state index contributed by atoms with van der Waals surface area (Å²) in [5, 5.41) is 24.8. The van der Waals surface area contributed by atoms with Gasteiger partial charge >= 0.3 is 5.97 Å². The molecule has 15 heavy (non-hydrogen) atoms. The van der Waals surface area contributed by atoms with Crippen molar-refractivity contribution < 1.29 is 20.1 Å². The highest BCUT2D eigenvalue weighted by atomic mass is 16.4. The van der Waals surface area contributed by atoms with Crippen molar-refractivity contribution >= 4 is 5.97 Å². The molecule has 0 fully saturated rings. The summed E-state index contributed by atoms with van der Waals surface area (Å²) < 4.78 is 0. The number of nitrogens with zero attached hydrogens (tertiary/aromatic N) is 1. The van der Waals surface area contributed by atoms with Crippen LogP contribution in [0.5, 0.6) is 0 Å². The molecule has 0 radical (unpaired) electrons. The van der Waals surface area contributed by atoms with Gasteiger partial charge in [0.05, 0.1) is 13.2 Å². The third kappa shape index (κ3) is 13.1. The van der Waals surface area contributed by atoms with Gasteiger partial charge in [-0.05, 0) is 13.5 Å². The Kier molecular flexibility index (Phi) is 12.3. The van der Waals surface area contributed by atoms with E-state index in [-0.39, 0.29) is 18.8 Å². The molecule has 0 aromatic rings. The molecular weight excluding hydrogens is 198 g/mol. The standard InChI is InChI=1S/C6H15NO2.C4H6O2/c1-2-7(3-5-8)4-6-9;1-3(2)4(5)6/h8-9H,2-6H2,1H3;1H2,2H3,(H,5,6). The first-order valence-corrected chi connectivity index (χ1v) is 4.82. The molecule has 0 heterocycles. The van der Waals surface area contributed by atoms with Crippen LogP contribution in [0, 0.1) is 0 Å². The Morgan fingerprint density at radius 1 is 1.27 bits per heavy atom. The van der Waals surface area contributed by atoms with Gasteiger partial charge in [0.1, 0.15) is 0 Å². The molecule has 5 nitrogen and oxygen atoms in total. The predicted molar refractivity (Wildman–Crippen MR) is 58.7 cm³/mol. The fourth-order valence-corrected chi connectivity index (χ4v) is 0.711. The van der Waals surface area contributed by atoms with E-state index < -0.39 is 5.97 Å². The average molecular weight is 219 g/mol. The summed E-state index contributed by atoms with van der Waals surface area (Å²) in [5.41, 5.74) is 0.176. The molecule has 0 amide bonds. The zero-order valence-corrected chi connectivity index (χ0v) is 9.44. The summed E-state index contributed by atoms with van der Waals surface area (Å²) in [5.74, 6) is -0.935. The molecule has 0 atom stereocenters. The van der Waals surface area contributed by atoms with Crippen LogP contribution in [0.3, 0.4) is 0 Å². The minimum atomic E-state index is -0.935. The van der Waals surface area contributed by atoms with Crippen LogP contribution in [0.25, 0.3) is 0 Å². The zero-order chi connectivity index (χ0) is 12.3. The minimum absolute atomic E-state index is 0.174. The van der Waals surface area contributed by atoms with E-state index in [4.69, 9.17) is 15.3 Å². The Morgan fingerprint density at radius 2 is 1.60 bits per heavy atom. The fourth-order valence-electron chi connectivity index (χ4n) is 0.711. The van der Waals surface area contributed by atoms with Gasteiger partial charge in [0, 0.05) is 18.7 Å². The van der Waals surface area contributed by atoms with Crippen molar-refractivity contribution in [3.8, 4) is 0 Å². The lowest BCUT2D eigenvalue weighted by molar-refractivity contribution is -0.132. The van der Waals surface area contributed by atoms with Gasteiger partial charge in [-0.2, -0.15) is 0 Å².